The van der Waals surface area contributed by atoms with Crippen LogP contribution in [0.25, 0.3) is 0 Å². The van der Waals surface area contributed by atoms with Crippen molar-refractivity contribution in [3.63, 3.8) is 0 Å². The molecule has 1 aromatic carbocycles. The molecule has 0 aliphatic carbocycles. The Kier molecular flexibility index (Phi) is 3.38. The second-order valence-electron chi connectivity index (χ2n) is 4.49. The molecule has 0 spiro atoms. The first-order valence-corrected chi connectivity index (χ1v) is 7.14. The van der Waals surface area contributed by atoms with E-state index in [9.17, 15) is 0 Å². The SMILES string of the molecule is CNc1ncnc(N2CCCc3ccccc32)c1Br. The zero-order valence-electron chi connectivity index (χ0n) is 10.7. The monoisotopic (exact) mass is 318 g/mol. The van der Waals surface area contributed by atoms with Gasteiger partial charge in [-0.3, -0.25) is 0 Å². The molecule has 1 aliphatic rings. The maximum Gasteiger partial charge on any atom is 0.152 e. The summed E-state index contributed by atoms with van der Waals surface area (Å²) in [4.78, 5) is 10.9. The van der Waals surface area contributed by atoms with Gasteiger partial charge in [0.25, 0.3) is 0 Å². The number of benzene rings is 1. The molecule has 0 bridgehead atoms. The Morgan fingerprint density at radius 2 is 2.11 bits per heavy atom. The molecule has 0 saturated heterocycles. The van der Waals surface area contributed by atoms with Crippen LogP contribution >= 0.6 is 15.9 Å². The highest BCUT2D eigenvalue weighted by Gasteiger charge is 2.21. The summed E-state index contributed by atoms with van der Waals surface area (Å²) in [6.07, 6.45) is 3.87. The minimum atomic E-state index is 0.813. The maximum absolute atomic E-state index is 4.44. The van der Waals surface area contributed by atoms with E-state index in [1.807, 2.05) is 7.05 Å². The van der Waals surface area contributed by atoms with Crippen molar-refractivity contribution in [3.05, 3.63) is 40.6 Å². The molecule has 0 unspecified atom stereocenters. The predicted octanol–water partition coefficient (Wildman–Crippen LogP) is 3.37. The molecule has 0 radical (unpaired) electrons. The summed E-state index contributed by atoms with van der Waals surface area (Å²) in [6, 6.07) is 8.51. The largest absolute Gasteiger partial charge is 0.372 e. The van der Waals surface area contributed by atoms with Gasteiger partial charge < -0.3 is 10.2 Å². The van der Waals surface area contributed by atoms with Crippen molar-refractivity contribution in [3.8, 4) is 0 Å². The van der Waals surface area contributed by atoms with Crippen molar-refractivity contribution >= 4 is 33.3 Å². The molecule has 2 heterocycles. The van der Waals surface area contributed by atoms with Crippen molar-refractivity contribution < 1.29 is 0 Å². The minimum absolute atomic E-state index is 0.813. The molecule has 0 amide bonds. The molecule has 4 nitrogen and oxygen atoms in total. The second-order valence-corrected chi connectivity index (χ2v) is 5.29. The number of para-hydroxylation sites is 1. The third-order valence-electron chi connectivity index (χ3n) is 3.37. The van der Waals surface area contributed by atoms with Crippen LogP contribution in [-0.2, 0) is 6.42 Å². The quantitative estimate of drug-likeness (QED) is 0.921. The summed E-state index contributed by atoms with van der Waals surface area (Å²) in [5, 5.41) is 3.07. The minimum Gasteiger partial charge on any atom is -0.372 e. The van der Waals surface area contributed by atoms with Gasteiger partial charge in [-0.2, -0.15) is 0 Å². The first-order valence-electron chi connectivity index (χ1n) is 6.35. The van der Waals surface area contributed by atoms with Crippen LogP contribution in [0.3, 0.4) is 0 Å². The lowest BCUT2D eigenvalue weighted by Crippen LogP contribution is -2.25. The fraction of sp³-hybridized carbons (Fsp3) is 0.286. The number of hydrogen-bond donors (Lipinski definition) is 1. The predicted molar refractivity (Wildman–Crippen MR) is 81.0 cm³/mol. The third-order valence-corrected chi connectivity index (χ3v) is 4.10. The lowest BCUT2D eigenvalue weighted by atomic mass is 10.0. The van der Waals surface area contributed by atoms with Crippen LogP contribution < -0.4 is 10.2 Å². The molecule has 2 aromatic rings. The van der Waals surface area contributed by atoms with Gasteiger partial charge in [0.1, 0.15) is 16.6 Å². The lowest BCUT2D eigenvalue weighted by molar-refractivity contribution is 0.757. The zero-order valence-corrected chi connectivity index (χ0v) is 12.3. The zero-order chi connectivity index (χ0) is 13.2. The van der Waals surface area contributed by atoms with Gasteiger partial charge in [-0.1, -0.05) is 18.2 Å². The van der Waals surface area contributed by atoms with Gasteiger partial charge in [-0.25, -0.2) is 9.97 Å². The average molecular weight is 319 g/mol. The molecular weight excluding hydrogens is 304 g/mol. The molecular formula is C14H15BrN4. The standard InChI is InChI=1S/C14H15BrN4/c1-16-13-12(15)14(18-9-17-13)19-8-4-6-10-5-2-3-7-11(10)19/h2-3,5,7,9H,4,6,8H2,1H3,(H,16,17,18). The van der Waals surface area contributed by atoms with Gasteiger partial charge in [0.15, 0.2) is 5.82 Å². The van der Waals surface area contributed by atoms with E-state index in [2.05, 4.69) is 60.4 Å². The molecule has 0 atom stereocenters. The van der Waals surface area contributed by atoms with Gasteiger partial charge in [0.2, 0.25) is 0 Å². The number of halogens is 1. The van der Waals surface area contributed by atoms with Crippen LogP contribution in [0.2, 0.25) is 0 Å². The molecule has 0 fully saturated rings. The Labute approximate surface area is 121 Å². The Bertz CT molecular complexity index is 600. The van der Waals surface area contributed by atoms with E-state index in [-0.39, 0.29) is 0 Å². The van der Waals surface area contributed by atoms with E-state index >= 15 is 0 Å². The second kappa shape index (κ2) is 5.17. The number of nitrogens with one attached hydrogen (secondary N) is 1. The van der Waals surface area contributed by atoms with Crippen molar-refractivity contribution in [2.45, 2.75) is 12.8 Å². The van der Waals surface area contributed by atoms with Crippen molar-refractivity contribution in [2.24, 2.45) is 0 Å². The molecule has 1 aromatic heterocycles. The van der Waals surface area contributed by atoms with Gasteiger partial charge in [-0.05, 0) is 40.4 Å². The highest BCUT2D eigenvalue weighted by molar-refractivity contribution is 9.10. The third kappa shape index (κ3) is 2.18. The molecule has 0 saturated carbocycles. The average Bonchev–Trinajstić information content (AvgIpc) is 2.47. The van der Waals surface area contributed by atoms with E-state index in [1.165, 1.54) is 11.3 Å². The van der Waals surface area contributed by atoms with Crippen LogP contribution in [-0.4, -0.2) is 23.6 Å². The Morgan fingerprint density at radius 1 is 1.26 bits per heavy atom. The summed E-state index contributed by atoms with van der Waals surface area (Å²) in [5.41, 5.74) is 2.63. The van der Waals surface area contributed by atoms with Gasteiger partial charge in [0, 0.05) is 19.3 Å². The fourth-order valence-corrected chi connectivity index (χ4v) is 3.09. The van der Waals surface area contributed by atoms with Crippen LogP contribution in [0, 0.1) is 0 Å². The van der Waals surface area contributed by atoms with Crippen LogP contribution in [0.4, 0.5) is 17.3 Å². The molecule has 1 aliphatic heterocycles. The summed E-state index contributed by atoms with van der Waals surface area (Å²) in [5.74, 6) is 1.74. The van der Waals surface area contributed by atoms with E-state index in [0.717, 1.165) is 35.5 Å². The molecule has 1 N–H and O–H groups in total. The van der Waals surface area contributed by atoms with Gasteiger partial charge in [-0.15, -0.1) is 0 Å². The molecule has 5 heteroatoms. The van der Waals surface area contributed by atoms with Gasteiger partial charge in [0.05, 0.1) is 0 Å². The lowest BCUT2D eigenvalue weighted by Gasteiger charge is -2.31. The Balaban J connectivity index is 2.09. The number of rotatable bonds is 2. The fourth-order valence-electron chi connectivity index (χ4n) is 2.48. The molecule has 3 rings (SSSR count). The van der Waals surface area contributed by atoms with Crippen LogP contribution in [0.5, 0.6) is 0 Å². The first kappa shape index (κ1) is 12.4. The number of nitrogens with zero attached hydrogens (tertiary/aromatic N) is 3. The maximum atomic E-state index is 4.44. The van der Waals surface area contributed by atoms with Crippen molar-refractivity contribution in [2.75, 3.05) is 23.8 Å². The highest BCUT2D eigenvalue weighted by atomic mass is 79.9. The summed E-state index contributed by atoms with van der Waals surface area (Å²) < 4.78 is 0.911. The number of fused-ring (bicyclic) bond motifs is 1. The number of hydrogen-bond acceptors (Lipinski definition) is 4. The summed E-state index contributed by atoms with van der Waals surface area (Å²) >= 11 is 3.60. The van der Waals surface area contributed by atoms with E-state index in [1.54, 1.807) is 6.33 Å². The normalized spacial score (nSPS) is 14.1. The van der Waals surface area contributed by atoms with Crippen molar-refractivity contribution in [1.82, 2.24) is 9.97 Å². The van der Waals surface area contributed by atoms with E-state index < -0.39 is 0 Å². The van der Waals surface area contributed by atoms with Gasteiger partial charge >= 0.3 is 0 Å². The topological polar surface area (TPSA) is 41.1 Å². The summed E-state index contributed by atoms with van der Waals surface area (Å²) in [6.45, 7) is 0.982. The van der Waals surface area contributed by atoms with Crippen molar-refractivity contribution in [1.29, 1.82) is 0 Å². The number of aryl methyl sites for hydroxylation is 1. The van der Waals surface area contributed by atoms with Crippen LogP contribution in [0.15, 0.2) is 35.1 Å². The highest BCUT2D eigenvalue weighted by Crippen LogP contribution is 2.37. The Hall–Kier alpha value is -1.62. The molecule has 98 valence electrons. The Morgan fingerprint density at radius 3 is 2.95 bits per heavy atom. The molecule has 19 heavy (non-hydrogen) atoms. The number of anilines is 3. The smallest absolute Gasteiger partial charge is 0.152 e. The summed E-state index contributed by atoms with van der Waals surface area (Å²) in [7, 11) is 1.86. The first-order chi connectivity index (χ1) is 9.31. The van der Waals surface area contributed by atoms with E-state index in [0.29, 0.717) is 0 Å². The van der Waals surface area contributed by atoms with Crippen LogP contribution in [0.1, 0.15) is 12.0 Å². The van der Waals surface area contributed by atoms with E-state index in [4.69, 9.17) is 0 Å². The number of aromatic nitrogens is 2.